The number of fused-ring (bicyclic) bond motifs is 1. The zero-order valence-corrected chi connectivity index (χ0v) is 19.6. The first kappa shape index (κ1) is 24.3. The average Bonchev–Trinajstić information content (AvgIpc) is 2.99. The smallest absolute Gasteiger partial charge is 0.251 e. The van der Waals surface area contributed by atoms with Gasteiger partial charge in [-0.15, -0.1) is 0 Å². The number of halogens is 2. The molecule has 1 unspecified atom stereocenters. The van der Waals surface area contributed by atoms with Gasteiger partial charge in [0.2, 0.25) is 6.41 Å². The topological polar surface area (TPSA) is 79.1 Å². The highest BCUT2D eigenvalue weighted by atomic mass is 19.1. The molecule has 3 heterocycles. The van der Waals surface area contributed by atoms with Crippen LogP contribution in [-0.4, -0.2) is 59.0 Å². The second kappa shape index (κ2) is 10.2. The van der Waals surface area contributed by atoms with Gasteiger partial charge in [0.25, 0.3) is 5.91 Å². The largest absolute Gasteiger partial charge is 0.356 e. The summed E-state index contributed by atoms with van der Waals surface area (Å²) in [6.45, 7) is 3.32. The van der Waals surface area contributed by atoms with Gasteiger partial charge >= 0.3 is 0 Å². The number of hydrogen-bond acceptors (Lipinski definition) is 5. The maximum Gasteiger partial charge on any atom is 0.251 e. The number of benzene rings is 1. The van der Waals surface area contributed by atoms with Gasteiger partial charge in [0.15, 0.2) is 0 Å². The third-order valence-electron chi connectivity index (χ3n) is 6.54. The van der Waals surface area contributed by atoms with Gasteiger partial charge < -0.3 is 19.6 Å². The molecule has 3 aromatic rings. The number of hydrogen-bond donors (Lipinski definition) is 2. The van der Waals surface area contributed by atoms with E-state index >= 15 is 8.78 Å². The Morgan fingerprint density at radius 1 is 1.26 bits per heavy atom. The fourth-order valence-corrected chi connectivity index (χ4v) is 4.70. The van der Waals surface area contributed by atoms with Crippen LogP contribution in [0.4, 0.5) is 8.78 Å². The van der Waals surface area contributed by atoms with Gasteiger partial charge in [0.1, 0.15) is 17.3 Å². The Kier molecular flexibility index (Phi) is 7.25. The standard InChI is InChI=1S/C25H30F2N4O3/c1-15-6-10-31-20(12-16-5-4-8-30(9-7-16)25(33)34-3)23(29-21(31)11-15)22-18(26)13-17(14-19(22)27)24(32)28-2/h6,10-11,13-14,16,25,33H,4-5,7-9,12H2,1-3H3,(H,28,32)/t16-,25?/m1/s1. The Morgan fingerprint density at radius 3 is 2.68 bits per heavy atom. The number of aliphatic hydroxyl groups excluding tert-OH is 1. The summed E-state index contributed by atoms with van der Waals surface area (Å²) in [5, 5.41) is 12.4. The summed E-state index contributed by atoms with van der Waals surface area (Å²) >= 11 is 0. The molecule has 7 nitrogen and oxygen atoms in total. The number of ether oxygens (including phenoxy) is 1. The highest BCUT2D eigenvalue weighted by Crippen LogP contribution is 2.33. The molecular weight excluding hydrogens is 442 g/mol. The van der Waals surface area contributed by atoms with Crippen molar-refractivity contribution in [1.29, 1.82) is 0 Å². The van der Waals surface area contributed by atoms with Crippen molar-refractivity contribution in [2.45, 2.75) is 39.0 Å². The summed E-state index contributed by atoms with van der Waals surface area (Å²) in [7, 11) is 2.88. The van der Waals surface area contributed by atoms with Crippen LogP contribution in [0.5, 0.6) is 0 Å². The normalized spacial score (nSPS) is 18.1. The van der Waals surface area contributed by atoms with E-state index in [1.54, 1.807) is 0 Å². The van der Waals surface area contributed by atoms with Crippen molar-refractivity contribution in [3.8, 4) is 11.3 Å². The monoisotopic (exact) mass is 472 g/mol. The van der Waals surface area contributed by atoms with Gasteiger partial charge in [-0.2, -0.15) is 0 Å². The summed E-state index contributed by atoms with van der Waals surface area (Å²) in [5.74, 6) is -1.97. The van der Waals surface area contributed by atoms with Gasteiger partial charge in [-0.3, -0.25) is 9.69 Å². The van der Waals surface area contributed by atoms with E-state index in [4.69, 9.17) is 4.74 Å². The maximum atomic E-state index is 15.2. The lowest BCUT2D eigenvalue weighted by atomic mass is 9.93. The molecule has 0 spiro atoms. The summed E-state index contributed by atoms with van der Waals surface area (Å²) in [4.78, 5) is 18.4. The highest BCUT2D eigenvalue weighted by molar-refractivity contribution is 5.94. The van der Waals surface area contributed by atoms with Crippen molar-refractivity contribution in [3.63, 3.8) is 0 Å². The van der Waals surface area contributed by atoms with E-state index in [-0.39, 0.29) is 22.7 Å². The highest BCUT2D eigenvalue weighted by Gasteiger charge is 2.27. The van der Waals surface area contributed by atoms with Gasteiger partial charge in [-0.25, -0.2) is 13.8 Å². The third kappa shape index (κ3) is 4.82. The van der Waals surface area contributed by atoms with E-state index in [9.17, 15) is 9.90 Å². The summed E-state index contributed by atoms with van der Waals surface area (Å²) in [5.41, 5.74) is 2.28. The lowest BCUT2D eigenvalue weighted by Gasteiger charge is -2.24. The molecule has 0 aliphatic carbocycles. The molecule has 1 amide bonds. The molecule has 0 bridgehead atoms. The van der Waals surface area contributed by atoms with E-state index < -0.39 is 24.0 Å². The number of carbonyl (C=O) groups is 1. The van der Waals surface area contributed by atoms with Crippen LogP contribution in [0.15, 0.2) is 30.5 Å². The lowest BCUT2D eigenvalue weighted by Crippen LogP contribution is -2.37. The summed E-state index contributed by atoms with van der Waals surface area (Å²) in [6.07, 6.45) is 4.11. The molecule has 0 radical (unpaired) electrons. The molecule has 9 heteroatoms. The van der Waals surface area contributed by atoms with Crippen molar-refractivity contribution < 1.29 is 23.4 Å². The van der Waals surface area contributed by atoms with Crippen molar-refractivity contribution >= 4 is 11.6 Å². The van der Waals surface area contributed by atoms with E-state index in [0.717, 1.165) is 49.2 Å². The molecule has 2 N–H and O–H groups in total. The molecule has 1 aliphatic rings. The minimum Gasteiger partial charge on any atom is -0.356 e. The number of carbonyl (C=O) groups excluding carboxylic acids is 1. The Balaban J connectivity index is 1.74. The fourth-order valence-electron chi connectivity index (χ4n) is 4.70. The number of nitrogens with zero attached hydrogens (tertiary/aromatic N) is 3. The van der Waals surface area contributed by atoms with E-state index in [1.807, 2.05) is 34.6 Å². The first-order valence-electron chi connectivity index (χ1n) is 11.5. The van der Waals surface area contributed by atoms with Gasteiger partial charge in [0, 0.05) is 39.0 Å². The zero-order valence-electron chi connectivity index (χ0n) is 19.6. The van der Waals surface area contributed by atoms with Crippen LogP contribution in [0.1, 0.15) is 40.9 Å². The number of nitrogens with one attached hydrogen (secondary N) is 1. The number of aliphatic hydroxyl groups is 1. The first-order valence-corrected chi connectivity index (χ1v) is 11.5. The van der Waals surface area contributed by atoms with Gasteiger partial charge in [0.05, 0.1) is 17.0 Å². The minimum absolute atomic E-state index is 0.0806. The number of amides is 1. The second-order valence-electron chi connectivity index (χ2n) is 8.83. The van der Waals surface area contributed by atoms with Crippen molar-refractivity contribution in [1.82, 2.24) is 19.6 Å². The molecule has 0 saturated carbocycles. The number of methoxy groups -OCH3 is 1. The van der Waals surface area contributed by atoms with Crippen molar-refractivity contribution in [3.05, 3.63) is 58.9 Å². The predicted octanol–water partition coefficient (Wildman–Crippen LogP) is 3.51. The van der Waals surface area contributed by atoms with Gasteiger partial charge in [-0.1, -0.05) is 0 Å². The Hall–Kier alpha value is -2.88. The Labute approximate surface area is 197 Å². The van der Waals surface area contributed by atoms with Crippen molar-refractivity contribution in [2.75, 3.05) is 27.2 Å². The average molecular weight is 473 g/mol. The maximum absolute atomic E-state index is 15.2. The number of pyridine rings is 1. The first-order chi connectivity index (χ1) is 16.3. The molecule has 1 fully saturated rings. The molecule has 2 aromatic heterocycles. The number of likely N-dealkylation sites (tertiary alicyclic amines) is 1. The van der Waals surface area contributed by atoms with Crippen LogP contribution >= 0.6 is 0 Å². The zero-order chi connectivity index (χ0) is 24.4. The molecular formula is C25H30F2N4O3. The van der Waals surface area contributed by atoms with Crippen LogP contribution in [0.3, 0.4) is 0 Å². The summed E-state index contributed by atoms with van der Waals surface area (Å²) < 4.78 is 37.3. The molecule has 1 saturated heterocycles. The second-order valence-corrected chi connectivity index (χ2v) is 8.83. The van der Waals surface area contributed by atoms with E-state index in [1.165, 1.54) is 14.2 Å². The predicted molar refractivity (Wildman–Crippen MR) is 124 cm³/mol. The molecule has 1 aliphatic heterocycles. The molecule has 182 valence electrons. The SMILES string of the molecule is CNC(=O)c1cc(F)c(-c2nc3cc(C)ccn3c2C[C@@H]2CCCN(C(O)OC)CC2)c(F)c1. The quantitative estimate of drug-likeness (QED) is 0.537. The number of aromatic nitrogens is 2. The van der Waals surface area contributed by atoms with Crippen LogP contribution in [0.2, 0.25) is 0 Å². The van der Waals surface area contributed by atoms with Crippen LogP contribution in [0.25, 0.3) is 16.9 Å². The van der Waals surface area contributed by atoms with Crippen LogP contribution in [0, 0.1) is 24.5 Å². The minimum atomic E-state index is -0.935. The number of rotatable bonds is 6. The number of imidazole rings is 1. The molecule has 34 heavy (non-hydrogen) atoms. The fraction of sp³-hybridized carbons (Fsp3) is 0.440. The number of aryl methyl sites for hydroxylation is 1. The molecule has 1 aromatic carbocycles. The summed E-state index contributed by atoms with van der Waals surface area (Å²) in [6, 6.07) is 5.91. The van der Waals surface area contributed by atoms with Crippen LogP contribution < -0.4 is 5.32 Å². The van der Waals surface area contributed by atoms with E-state index in [0.29, 0.717) is 18.6 Å². The molecule has 4 rings (SSSR count). The van der Waals surface area contributed by atoms with Gasteiger partial charge in [-0.05, 0) is 68.4 Å². The Bertz CT molecular complexity index is 1170. The van der Waals surface area contributed by atoms with Crippen molar-refractivity contribution in [2.24, 2.45) is 5.92 Å². The molecule has 2 atom stereocenters. The van der Waals surface area contributed by atoms with Crippen LogP contribution in [-0.2, 0) is 11.2 Å². The Morgan fingerprint density at radius 2 is 2.00 bits per heavy atom. The third-order valence-corrected chi connectivity index (χ3v) is 6.54. The lowest BCUT2D eigenvalue weighted by molar-refractivity contribution is -0.175. The van der Waals surface area contributed by atoms with E-state index in [2.05, 4.69) is 10.3 Å².